The molecule has 27 heavy (non-hydrogen) atoms. The van der Waals surface area contributed by atoms with Gasteiger partial charge < -0.3 is 19.3 Å². The molecule has 1 aromatic carbocycles. The SMILES string of the molecule is Cn1ccnc1N1CCN(C(=O)C2CC(=O)N(c3cccc(F)c3)C2)CC1. The Morgan fingerprint density at radius 2 is 2.00 bits per heavy atom. The zero-order chi connectivity index (χ0) is 19.0. The number of hydrogen-bond acceptors (Lipinski definition) is 4. The van der Waals surface area contributed by atoms with Gasteiger partial charge >= 0.3 is 0 Å². The summed E-state index contributed by atoms with van der Waals surface area (Å²) in [5.74, 6) is 0.00345. The van der Waals surface area contributed by atoms with Crippen molar-refractivity contribution in [3.05, 3.63) is 42.5 Å². The maximum Gasteiger partial charge on any atom is 0.228 e. The van der Waals surface area contributed by atoms with Gasteiger partial charge in [0.2, 0.25) is 17.8 Å². The first kappa shape index (κ1) is 17.5. The van der Waals surface area contributed by atoms with Crippen molar-refractivity contribution in [2.45, 2.75) is 6.42 Å². The van der Waals surface area contributed by atoms with Gasteiger partial charge in [0, 0.05) is 64.3 Å². The molecule has 0 radical (unpaired) electrons. The Hall–Kier alpha value is -2.90. The summed E-state index contributed by atoms with van der Waals surface area (Å²) in [6.07, 6.45) is 3.84. The molecular weight excluding hydrogens is 349 g/mol. The third-order valence-corrected chi connectivity index (χ3v) is 5.26. The molecule has 0 bridgehead atoms. The number of amides is 2. The minimum Gasteiger partial charge on any atom is -0.339 e. The normalized spacial score (nSPS) is 20.4. The number of nitrogens with zero attached hydrogens (tertiary/aromatic N) is 5. The molecule has 2 aliphatic rings. The number of benzene rings is 1. The minimum absolute atomic E-state index is 0.00161. The summed E-state index contributed by atoms with van der Waals surface area (Å²) in [6, 6.07) is 5.94. The largest absolute Gasteiger partial charge is 0.339 e. The van der Waals surface area contributed by atoms with Crippen LogP contribution in [-0.4, -0.2) is 59.0 Å². The molecule has 2 aromatic rings. The molecule has 0 aliphatic carbocycles. The maximum absolute atomic E-state index is 13.5. The summed E-state index contributed by atoms with van der Waals surface area (Å²) >= 11 is 0. The lowest BCUT2D eigenvalue weighted by atomic mass is 10.1. The van der Waals surface area contributed by atoms with E-state index in [4.69, 9.17) is 0 Å². The number of imidazole rings is 1. The summed E-state index contributed by atoms with van der Waals surface area (Å²) in [6.45, 7) is 2.95. The van der Waals surface area contributed by atoms with Gasteiger partial charge in [0.1, 0.15) is 5.82 Å². The maximum atomic E-state index is 13.5. The molecule has 1 atom stereocenters. The molecule has 142 valence electrons. The molecule has 7 nitrogen and oxygen atoms in total. The van der Waals surface area contributed by atoms with Crippen LogP contribution >= 0.6 is 0 Å². The second kappa shape index (κ2) is 7.02. The van der Waals surface area contributed by atoms with E-state index in [0.29, 0.717) is 38.4 Å². The van der Waals surface area contributed by atoms with Crippen molar-refractivity contribution in [2.24, 2.45) is 13.0 Å². The van der Waals surface area contributed by atoms with Crippen LogP contribution in [-0.2, 0) is 16.6 Å². The Bertz CT molecular complexity index is 859. The highest BCUT2D eigenvalue weighted by Crippen LogP contribution is 2.27. The van der Waals surface area contributed by atoms with Crippen molar-refractivity contribution < 1.29 is 14.0 Å². The number of aryl methyl sites for hydroxylation is 1. The molecule has 1 aromatic heterocycles. The summed E-state index contributed by atoms with van der Waals surface area (Å²) in [5.41, 5.74) is 0.509. The first-order chi connectivity index (χ1) is 13.0. The highest BCUT2D eigenvalue weighted by Gasteiger charge is 2.38. The molecule has 0 spiro atoms. The number of carbonyl (C=O) groups excluding carboxylic acids is 2. The van der Waals surface area contributed by atoms with E-state index in [1.807, 2.05) is 22.7 Å². The summed E-state index contributed by atoms with van der Waals surface area (Å²) < 4.78 is 15.4. The zero-order valence-electron chi connectivity index (χ0n) is 15.2. The van der Waals surface area contributed by atoms with Crippen molar-refractivity contribution in [1.82, 2.24) is 14.5 Å². The number of piperazine rings is 1. The van der Waals surface area contributed by atoms with E-state index < -0.39 is 0 Å². The highest BCUT2D eigenvalue weighted by molar-refractivity contribution is 6.00. The second-order valence-corrected chi connectivity index (χ2v) is 7.04. The fraction of sp³-hybridized carbons (Fsp3) is 0.421. The van der Waals surface area contributed by atoms with Crippen LogP contribution in [0.4, 0.5) is 16.0 Å². The van der Waals surface area contributed by atoms with Crippen LogP contribution in [0.3, 0.4) is 0 Å². The fourth-order valence-electron chi connectivity index (χ4n) is 3.81. The molecular formula is C19H22FN5O2. The molecule has 1 unspecified atom stereocenters. The smallest absolute Gasteiger partial charge is 0.228 e. The van der Waals surface area contributed by atoms with E-state index in [1.165, 1.54) is 17.0 Å². The standard InChI is InChI=1S/C19H22FN5O2/c1-22-6-5-21-19(22)24-9-7-23(8-10-24)18(27)14-11-17(26)25(13-14)16-4-2-3-15(20)12-16/h2-6,12,14H,7-11,13H2,1H3. The molecule has 8 heteroatoms. The third-order valence-electron chi connectivity index (χ3n) is 5.26. The van der Waals surface area contributed by atoms with Crippen LogP contribution in [0.25, 0.3) is 0 Å². The highest BCUT2D eigenvalue weighted by atomic mass is 19.1. The average Bonchev–Trinajstić information content (AvgIpc) is 3.27. The third kappa shape index (κ3) is 3.39. The molecule has 2 saturated heterocycles. The van der Waals surface area contributed by atoms with Crippen molar-refractivity contribution in [2.75, 3.05) is 42.5 Å². The monoisotopic (exact) mass is 371 g/mol. The number of rotatable bonds is 3. The lowest BCUT2D eigenvalue weighted by Gasteiger charge is -2.36. The van der Waals surface area contributed by atoms with Crippen LogP contribution in [0, 0.1) is 11.7 Å². The number of anilines is 2. The zero-order valence-corrected chi connectivity index (χ0v) is 15.2. The lowest BCUT2D eigenvalue weighted by molar-refractivity contribution is -0.136. The summed E-state index contributed by atoms with van der Waals surface area (Å²) in [5, 5.41) is 0. The van der Waals surface area contributed by atoms with Gasteiger partial charge in [0.15, 0.2) is 0 Å². The van der Waals surface area contributed by atoms with Crippen molar-refractivity contribution >= 4 is 23.5 Å². The van der Waals surface area contributed by atoms with Gasteiger partial charge in [-0.3, -0.25) is 9.59 Å². The second-order valence-electron chi connectivity index (χ2n) is 7.04. The van der Waals surface area contributed by atoms with Crippen LogP contribution in [0.2, 0.25) is 0 Å². The summed E-state index contributed by atoms with van der Waals surface area (Å²) in [7, 11) is 1.95. The minimum atomic E-state index is -0.388. The molecule has 3 heterocycles. The van der Waals surface area contributed by atoms with Gasteiger partial charge in [-0.15, -0.1) is 0 Å². The number of aromatic nitrogens is 2. The molecule has 2 amide bonds. The molecule has 0 N–H and O–H groups in total. The molecule has 4 rings (SSSR count). The van der Waals surface area contributed by atoms with Gasteiger partial charge in [-0.1, -0.05) is 6.07 Å². The van der Waals surface area contributed by atoms with E-state index in [-0.39, 0.29) is 30.0 Å². The Balaban J connectivity index is 1.38. The summed E-state index contributed by atoms with van der Waals surface area (Å²) in [4.78, 5) is 35.1. The van der Waals surface area contributed by atoms with Crippen LogP contribution in [0.5, 0.6) is 0 Å². The number of halogens is 1. The van der Waals surface area contributed by atoms with Gasteiger partial charge in [-0.2, -0.15) is 0 Å². The van der Waals surface area contributed by atoms with E-state index in [0.717, 1.165) is 5.95 Å². The number of carbonyl (C=O) groups is 2. The Morgan fingerprint density at radius 3 is 2.67 bits per heavy atom. The Morgan fingerprint density at radius 1 is 1.22 bits per heavy atom. The fourth-order valence-corrected chi connectivity index (χ4v) is 3.81. The van der Waals surface area contributed by atoms with E-state index >= 15 is 0 Å². The predicted molar refractivity (Wildman–Crippen MR) is 98.9 cm³/mol. The first-order valence-electron chi connectivity index (χ1n) is 9.10. The van der Waals surface area contributed by atoms with Crippen molar-refractivity contribution in [3.8, 4) is 0 Å². The van der Waals surface area contributed by atoms with Gasteiger partial charge in [0.05, 0.1) is 5.92 Å². The Labute approximate surface area is 157 Å². The van der Waals surface area contributed by atoms with Gasteiger partial charge in [-0.25, -0.2) is 9.37 Å². The van der Waals surface area contributed by atoms with E-state index in [1.54, 1.807) is 18.3 Å². The van der Waals surface area contributed by atoms with Crippen LogP contribution in [0.15, 0.2) is 36.7 Å². The number of hydrogen-bond donors (Lipinski definition) is 0. The van der Waals surface area contributed by atoms with Crippen molar-refractivity contribution in [3.63, 3.8) is 0 Å². The predicted octanol–water partition coefficient (Wildman–Crippen LogP) is 1.26. The topological polar surface area (TPSA) is 61.7 Å². The van der Waals surface area contributed by atoms with Crippen molar-refractivity contribution in [1.29, 1.82) is 0 Å². The van der Waals surface area contributed by atoms with Crippen LogP contribution in [0.1, 0.15) is 6.42 Å². The lowest BCUT2D eigenvalue weighted by Crippen LogP contribution is -2.51. The van der Waals surface area contributed by atoms with Gasteiger partial charge in [0.25, 0.3) is 0 Å². The van der Waals surface area contributed by atoms with E-state index in [2.05, 4.69) is 9.88 Å². The Kier molecular flexibility index (Phi) is 4.55. The average molecular weight is 371 g/mol. The molecule has 2 aliphatic heterocycles. The van der Waals surface area contributed by atoms with Gasteiger partial charge in [-0.05, 0) is 18.2 Å². The molecule has 2 fully saturated rings. The quantitative estimate of drug-likeness (QED) is 0.815. The van der Waals surface area contributed by atoms with Crippen LogP contribution < -0.4 is 9.80 Å². The van der Waals surface area contributed by atoms with E-state index in [9.17, 15) is 14.0 Å². The molecule has 0 saturated carbocycles. The first-order valence-corrected chi connectivity index (χ1v) is 9.10.